The SMILES string of the molecule is N[C@H]1CCN(CCCOc2c3[nH]c4ccc(F)cc4c3cc3c2[nH]c2ccc(F)cc23)C1. The van der Waals surface area contributed by atoms with Crippen molar-refractivity contribution >= 4 is 43.6 Å². The fraction of sp³-hybridized carbons (Fsp3) is 0.280. The standard InChI is InChI=1S/C25H24F2N4O/c26-14-2-4-21-17(10-14)19-12-20-18-11-15(27)3-5-22(18)30-24(20)25(23(19)29-21)32-9-1-7-31-8-6-16(28)13-31/h2-5,10-12,16,29-30H,1,6-9,13,28H2/t16-/m0/s1. The predicted molar refractivity (Wildman–Crippen MR) is 124 cm³/mol. The molecule has 5 aromatic rings. The second-order valence-electron chi connectivity index (χ2n) is 8.73. The fourth-order valence-electron chi connectivity index (χ4n) is 4.97. The third-order valence-corrected chi connectivity index (χ3v) is 6.52. The Morgan fingerprint density at radius 2 is 1.53 bits per heavy atom. The van der Waals surface area contributed by atoms with Crippen molar-refractivity contribution in [1.82, 2.24) is 14.9 Å². The minimum Gasteiger partial charge on any atom is -0.489 e. The molecule has 1 aliphatic heterocycles. The van der Waals surface area contributed by atoms with Crippen molar-refractivity contribution in [3.05, 3.63) is 54.1 Å². The molecule has 0 aliphatic carbocycles. The van der Waals surface area contributed by atoms with Crippen molar-refractivity contribution in [2.24, 2.45) is 5.73 Å². The van der Waals surface area contributed by atoms with Gasteiger partial charge in [0.15, 0.2) is 5.75 Å². The number of H-pyrrole nitrogens is 2. The molecule has 0 unspecified atom stereocenters. The molecular weight excluding hydrogens is 410 g/mol. The number of likely N-dealkylation sites (tertiary alicyclic amines) is 1. The first kappa shape index (κ1) is 19.5. The van der Waals surface area contributed by atoms with Gasteiger partial charge in [-0.05, 0) is 61.9 Å². The topological polar surface area (TPSA) is 70.1 Å². The van der Waals surface area contributed by atoms with Crippen LogP contribution in [0.1, 0.15) is 12.8 Å². The molecule has 0 spiro atoms. The Morgan fingerprint density at radius 1 is 0.906 bits per heavy atom. The van der Waals surface area contributed by atoms with Crippen LogP contribution in [0.5, 0.6) is 5.75 Å². The Kier molecular flexibility index (Phi) is 4.55. The fourth-order valence-corrected chi connectivity index (χ4v) is 4.97. The number of nitrogens with zero attached hydrogens (tertiary/aromatic N) is 1. The van der Waals surface area contributed by atoms with Crippen LogP contribution >= 0.6 is 0 Å². The van der Waals surface area contributed by atoms with Crippen molar-refractivity contribution in [1.29, 1.82) is 0 Å². The number of ether oxygens (including phenoxy) is 1. The lowest BCUT2D eigenvalue weighted by Crippen LogP contribution is -2.28. The zero-order valence-electron chi connectivity index (χ0n) is 17.6. The number of aromatic nitrogens is 2. The van der Waals surface area contributed by atoms with Gasteiger partial charge in [0, 0.05) is 51.7 Å². The Morgan fingerprint density at radius 3 is 2.09 bits per heavy atom. The normalized spacial score (nSPS) is 17.4. The van der Waals surface area contributed by atoms with Crippen molar-refractivity contribution in [3.63, 3.8) is 0 Å². The molecule has 2 aromatic heterocycles. The highest BCUT2D eigenvalue weighted by Crippen LogP contribution is 2.41. The molecule has 32 heavy (non-hydrogen) atoms. The maximum Gasteiger partial charge on any atom is 0.167 e. The Labute approximate surface area is 183 Å². The quantitative estimate of drug-likeness (QED) is 0.340. The van der Waals surface area contributed by atoms with Crippen LogP contribution in [0.15, 0.2) is 42.5 Å². The molecular formula is C25H24F2N4O. The molecule has 1 aliphatic rings. The van der Waals surface area contributed by atoms with E-state index in [2.05, 4.69) is 14.9 Å². The Balaban J connectivity index is 1.45. The van der Waals surface area contributed by atoms with E-state index in [1.165, 1.54) is 24.3 Å². The second kappa shape index (κ2) is 7.46. The number of hydrogen-bond donors (Lipinski definition) is 3. The molecule has 164 valence electrons. The summed E-state index contributed by atoms with van der Waals surface area (Å²) in [5.74, 6) is 0.0911. The predicted octanol–water partition coefficient (Wildman–Crippen LogP) is 5.04. The first-order valence-electron chi connectivity index (χ1n) is 11.0. The first-order chi connectivity index (χ1) is 15.6. The molecule has 6 rings (SSSR count). The molecule has 5 nitrogen and oxygen atoms in total. The maximum absolute atomic E-state index is 14.0. The Hall–Kier alpha value is -3.16. The van der Waals surface area contributed by atoms with Gasteiger partial charge in [0.2, 0.25) is 0 Å². The van der Waals surface area contributed by atoms with Gasteiger partial charge in [-0.25, -0.2) is 8.78 Å². The van der Waals surface area contributed by atoms with Gasteiger partial charge >= 0.3 is 0 Å². The van der Waals surface area contributed by atoms with Crippen LogP contribution in [0.4, 0.5) is 8.78 Å². The number of aromatic amines is 2. The number of benzene rings is 3. The third-order valence-electron chi connectivity index (χ3n) is 6.52. The smallest absolute Gasteiger partial charge is 0.167 e. The van der Waals surface area contributed by atoms with Gasteiger partial charge < -0.3 is 25.3 Å². The van der Waals surface area contributed by atoms with E-state index < -0.39 is 0 Å². The van der Waals surface area contributed by atoms with Crippen molar-refractivity contribution in [3.8, 4) is 5.75 Å². The molecule has 1 saturated heterocycles. The van der Waals surface area contributed by atoms with Gasteiger partial charge in [-0.15, -0.1) is 0 Å². The second-order valence-corrected chi connectivity index (χ2v) is 8.73. The number of hydrogen-bond acceptors (Lipinski definition) is 3. The van der Waals surface area contributed by atoms with Crippen LogP contribution in [0.2, 0.25) is 0 Å². The zero-order valence-corrected chi connectivity index (χ0v) is 17.6. The van der Waals surface area contributed by atoms with E-state index >= 15 is 0 Å². The minimum atomic E-state index is -0.297. The number of nitrogens with one attached hydrogen (secondary N) is 2. The van der Waals surface area contributed by atoms with Crippen LogP contribution in [0.25, 0.3) is 43.6 Å². The summed E-state index contributed by atoms with van der Waals surface area (Å²) >= 11 is 0. The summed E-state index contributed by atoms with van der Waals surface area (Å²) in [6.45, 7) is 3.43. The largest absolute Gasteiger partial charge is 0.489 e. The first-order valence-corrected chi connectivity index (χ1v) is 11.0. The van der Waals surface area contributed by atoms with Crippen LogP contribution in [-0.2, 0) is 0 Å². The zero-order chi connectivity index (χ0) is 21.8. The van der Waals surface area contributed by atoms with Gasteiger partial charge in [0.05, 0.1) is 17.6 Å². The minimum absolute atomic E-state index is 0.266. The average molecular weight is 434 g/mol. The number of rotatable bonds is 5. The highest BCUT2D eigenvalue weighted by atomic mass is 19.1. The number of fused-ring (bicyclic) bond motifs is 6. The van der Waals surface area contributed by atoms with Gasteiger partial charge in [0.1, 0.15) is 11.6 Å². The van der Waals surface area contributed by atoms with Gasteiger partial charge in [-0.1, -0.05) is 0 Å². The summed E-state index contributed by atoms with van der Waals surface area (Å²) in [5.41, 5.74) is 9.30. The average Bonchev–Trinajstić information content (AvgIpc) is 3.46. The van der Waals surface area contributed by atoms with E-state index in [0.717, 1.165) is 76.1 Å². The summed E-state index contributed by atoms with van der Waals surface area (Å²) < 4.78 is 34.4. The van der Waals surface area contributed by atoms with Gasteiger partial charge in [0.25, 0.3) is 0 Å². The summed E-state index contributed by atoms with van der Waals surface area (Å²) in [7, 11) is 0. The van der Waals surface area contributed by atoms with E-state index in [9.17, 15) is 8.78 Å². The molecule has 1 atom stereocenters. The molecule has 0 radical (unpaired) electrons. The van der Waals surface area contributed by atoms with Gasteiger partial charge in [-0.3, -0.25) is 0 Å². The van der Waals surface area contributed by atoms with Crippen LogP contribution in [0.3, 0.4) is 0 Å². The maximum atomic E-state index is 14.0. The molecule has 1 fully saturated rings. The molecule has 3 aromatic carbocycles. The summed E-state index contributed by atoms with van der Waals surface area (Å²) in [5, 5.41) is 3.28. The molecule has 4 N–H and O–H groups in total. The lowest BCUT2D eigenvalue weighted by molar-refractivity contribution is 0.265. The summed E-state index contributed by atoms with van der Waals surface area (Å²) in [6, 6.07) is 11.6. The Bertz CT molecular complexity index is 1380. The van der Waals surface area contributed by atoms with Crippen LogP contribution in [-0.4, -0.2) is 47.2 Å². The summed E-state index contributed by atoms with van der Waals surface area (Å²) in [6.07, 6.45) is 1.91. The monoisotopic (exact) mass is 434 g/mol. The molecule has 0 bridgehead atoms. The molecule has 7 heteroatoms. The highest BCUT2D eigenvalue weighted by Gasteiger charge is 2.20. The molecule has 0 amide bonds. The molecule has 3 heterocycles. The van der Waals surface area contributed by atoms with Crippen molar-refractivity contribution in [2.45, 2.75) is 18.9 Å². The lowest BCUT2D eigenvalue weighted by atomic mass is 10.1. The van der Waals surface area contributed by atoms with E-state index in [-0.39, 0.29) is 17.7 Å². The number of halogens is 2. The van der Waals surface area contributed by atoms with Crippen LogP contribution in [0, 0.1) is 11.6 Å². The van der Waals surface area contributed by atoms with Gasteiger partial charge in [-0.2, -0.15) is 0 Å². The highest BCUT2D eigenvalue weighted by molar-refractivity contribution is 6.20. The van der Waals surface area contributed by atoms with Crippen molar-refractivity contribution < 1.29 is 13.5 Å². The molecule has 0 saturated carbocycles. The van der Waals surface area contributed by atoms with Crippen molar-refractivity contribution in [2.75, 3.05) is 26.2 Å². The lowest BCUT2D eigenvalue weighted by Gasteiger charge is -2.15. The van der Waals surface area contributed by atoms with E-state index in [1.54, 1.807) is 12.1 Å². The van der Waals surface area contributed by atoms with E-state index in [1.807, 2.05) is 6.07 Å². The summed E-state index contributed by atoms with van der Waals surface area (Å²) in [4.78, 5) is 9.16. The van der Waals surface area contributed by atoms with Crippen LogP contribution < -0.4 is 10.5 Å². The third kappa shape index (κ3) is 3.20. The van der Waals surface area contributed by atoms with E-state index in [0.29, 0.717) is 12.4 Å². The van der Waals surface area contributed by atoms with E-state index in [4.69, 9.17) is 10.5 Å². The number of nitrogens with two attached hydrogens (primary N) is 1.